The van der Waals surface area contributed by atoms with E-state index in [1.807, 2.05) is 6.07 Å². The van der Waals surface area contributed by atoms with Gasteiger partial charge in [0.05, 0.1) is 23.8 Å². The van der Waals surface area contributed by atoms with E-state index in [0.29, 0.717) is 5.56 Å². The van der Waals surface area contributed by atoms with Crippen LogP contribution in [-0.2, 0) is 9.53 Å². The number of ether oxygens (including phenoxy) is 3. The SMILES string of the molecule is COc1cc(/C=C(\C#N)C(=O)OC(C)C)ccc1OC(=O)c1ccccc1Cl. The molecule has 0 aliphatic rings. The molecule has 2 aromatic rings. The third kappa shape index (κ3) is 5.35. The number of halogens is 1. The summed E-state index contributed by atoms with van der Waals surface area (Å²) in [5.41, 5.74) is 0.571. The fourth-order valence-electron chi connectivity index (χ4n) is 2.22. The summed E-state index contributed by atoms with van der Waals surface area (Å²) in [6.45, 7) is 3.39. The first-order valence-electron chi connectivity index (χ1n) is 8.33. The first-order chi connectivity index (χ1) is 13.3. The average Bonchev–Trinajstić information content (AvgIpc) is 2.66. The predicted octanol–water partition coefficient (Wildman–Crippen LogP) is 4.43. The van der Waals surface area contributed by atoms with Gasteiger partial charge in [0.15, 0.2) is 11.5 Å². The molecule has 0 radical (unpaired) electrons. The van der Waals surface area contributed by atoms with E-state index in [2.05, 4.69) is 0 Å². The van der Waals surface area contributed by atoms with Gasteiger partial charge < -0.3 is 14.2 Å². The lowest BCUT2D eigenvalue weighted by Crippen LogP contribution is -2.12. The molecular weight excluding hydrogens is 382 g/mol. The van der Waals surface area contributed by atoms with Crippen molar-refractivity contribution in [1.29, 1.82) is 5.26 Å². The van der Waals surface area contributed by atoms with Crippen LogP contribution in [0.15, 0.2) is 48.0 Å². The molecule has 0 amide bonds. The van der Waals surface area contributed by atoms with E-state index in [1.54, 1.807) is 44.2 Å². The number of rotatable bonds is 6. The summed E-state index contributed by atoms with van der Waals surface area (Å²) in [7, 11) is 1.41. The van der Waals surface area contributed by atoms with Crippen LogP contribution in [0.5, 0.6) is 11.5 Å². The third-order valence-corrected chi connectivity index (χ3v) is 3.81. The topological polar surface area (TPSA) is 85.6 Å². The molecule has 0 saturated carbocycles. The van der Waals surface area contributed by atoms with Crippen LogP contribution in [-0.4, -0.2) is 25.2 Å². The van der Waals surface area contributed by atoms with Crippen LogP contribution in [0.1, 0.15) is 29.8 Å². The highest BCUT2D eigenvalue weighted by atomic mass is 35.5. The van der Waals surface area contributed by atoms with E-state index in [0.717, 1.165) is 0 Å². The van der Waals surface area contributed by atoms with Crippen LogP contribution >= 0.6 is 11.6 Å². The zero-order chi connectivity index (χ0) is 20.7. The van der Waals surface area contributed by atoms with Gasteiger partial charge in [-0.15, -0.1) is 0 Å². The first kappa shape index (κ1) is 21.0. The second-order valence-corrected chi connectivity index (χ2v) is 6.31. The minimum Gasteiger partial charge on any atom is -0.493 e. The second kappa shape index (κ2) is 9.58. The van der Waals surface area contributed by atoms with E-state index in [9.17, 15) is 14.9 Å². The molecule has 2 aromatic carbocycles. The predicted molar refractivity (Wildman–Crippen MR) is 104 cm³/mol. The van der Waals surface area contributed by atoms with Gasteiger partial charge in [-0.1, -0.05) is 29.8 Å². The molecule has 0 spiro atoms. The van der Waals surface area contributed by atoms with Crippen molar-refractivity contribution in [2.75, 3.05) is 7.11 Å². The van der Waals surface area contributed by atoms with Gasteiger partial charge in [-0.25, -0.2) is 9.59 Å². The summed E-state index contributed by atoms with van der Waals surface area (Å²) >= 11 is 6.01. The normalized spacial score (nSPS) is 10.9. The lowest BCUT2D eigenvalue weighted by atomic mass is 10.1. The maximum Gasteiger partial charge on any atom is 0.349 e. The monoisotopic (exact) mass is 399 g/mol. The molecule has 0 N–H and O–H groups in total. The second-order valence-electron chi connectivity index (χ2n) is 5.90. The molecule has 0 heterocycles. The van der Waals surface area contributed by atoms with Crippen molar-refractivity contribution in [2.24, 2.45) is 0 Å². The Bertz CT molecular complexity index is 960. The number of hydrogen-bond donors (Lipinski definition) is 0. The highest BCUT2D eigenvalue weighted by Crippen LogP contribution is 2.30. The van der Waals surface area contributed by atoms with Crippen molar-refractivity contribution in [2.45, 2.75) is 20.0 Å². The number of nitrogens with zero attached hydrogens (tertiary/aromatic N) is 1. The minimum absolute atomic E-state index is 0.156. The zero-order valence-electron chi connectivity index (χ0n) is 15.6. The van der Waals surface area contributed by atoms with Gasteiger partial charge >= 0.3 is 11.9 Å². The molecule has 0 aromatic heterocycles. The number of carbonyl (C=O) groups excluding carboxylic acids is 2. The molecular formula is C21H18ClNO5. The average molecular weight is 400 g/mol. The quantitative estimate of drug-likeness (QED) is 0.309. The van der Waals surface area contributed by atoms with Crippen LogP contribution in [0.4, 0.5) is 0 Å². The lowest BCUT2D eigenvalue weighted by molar-refractivity contribution is -0.142. The van der Waals surface area contributed by atoms with Gasteiger partial charge in [0.25, 0.3) is 0 Å². The number of carbonyl (C=O) groups is 2. The van der Waals surface area contributed by atoms with Crippen LogP contribution in [0, 0.1) is 11.3 Å². The molecule has 0 saturated heterocycles. The number of esters is 2. The van der Waals surface area contributed by atoms with Gasteiger partial charge in [-0.3, -0.25) is 0 Å². The summed E-state index contributed by atoms with van der Waals surface area (Å²) in [6, 6.07) is 12.9. The smallest absolute Gasteiger partial charge is 0.349 e. The standard InChI is InChI=1S/C21H18ClNO5/c1-13(2)27-20(24)15(12-23)10-14-8-9-18(19(11-14)26-3)28-21(25)16-6-4-5-7-17(16)22/h4-11,13H,1-3H3/b15-10+. The van der Waals surface area contributed by atoms with Crippen molar-refractivity contribution < 1.29 is 23.8 Å². The fraction of sp³-hybridized carbons (Fsp3) is 0.190. The maximum atomic E-state index is 12.3. The summed E-state index contributed by atoms with van der Waals surface area (Å²) < 4.78 is 15.6. The molecule has 0 bridgehead atoms. The van der Waals surface area contributed by atoms with E-state index in [1.165, 1.54) is 25.3 Å². The molecule has 2 rings (SSSR count). The highest BCUT2D eigenvalue weighted by molar-refractivity contribution is 6.33. The Balaban J connectivity index is 2.28. The molecule has 0 aliphatic carbocycles. The van der Waals surface area contributed by atoms with Gasteiger partial charge in [0.1, 0.15) is 11.6 Å². The molecule has 7 heteroatoms. The van der Waals surface area contributed by atoms with E-state index >= 15 is 0 Å². The molecule has 144 valence electrons. The molecule has 0 fully saturated rings. The molecule has 0 unspecified atom stereocenters. The number of benzene rings is 2. The van der Waals surface area contributed by atoms with Gasteiger partial charge in [0.2, 0.25) is 0 Å². The van der Waals surface area contributed by atoms with Gasteiger partial charge in [-0.05, 0) is 49.8 Å². The zero-order valence-corrected chi connectivity index (χ0v) is 16.3. The first-order valence-corrected chi connectivity index (χ1v) is 8.71. The van der Waals surface area contributed by atoms with Crippen molar-refractivity contribution in [1.82, 2.24) is 0 Å². The highest BCUT2D eigenvalue weighted by Gasteiger charge is 2.16. The Kier molecular flexibility index (Phi) is 7.19. The summed E-state index contributed by atoms with van der Waals surface area (Å²) in [4.78, 5) is 24.2. The largest absolute Gasteiger partial charge is 0.493 e. The van der Waals surface area contributed by atoms with Gasteiger partial charge in [0, 0.05) is 0 Å². The van der Waals surface area contributed by atoms with Crippen LogP contribution in [0.3, 0.4) is 0 Å². The van der Waals surface area contributed by atoms with Gasteiger partial charge in [-0.2, -0.15) is 5.26 Å². The van der Waals surface area contributed by atoms with E-state index < -0.39 is 11.9 Å². The molecule has 0 atom stereocenters. The Morgan fingerprint density at radius 2 is 1.86 bits per heavy atom. The Labute approximate surface area is 167 Å². The van der Waals surface area contributed by atoms with Crippen molar-refractivity contribution >= 4 is 29.6 Å². The third-order valence-electron chi connectivity index (χ3n) is 3.48. The summed E-state index contributed by atoms with van der Waals surface area (Å²) in [6.07, 6.45) is 1.03. The van der Waals surface area contributed by atoms with Crippen LogP contribution < -0.4 is 9.47 Å². The van der Waals surface area contributed by atoms with E-state index in [4.69, 9.17) is 25.8 Å². The summed E-state index contributed by atoms with van der Waals surface area (Å²) in [5, 5.41) is 9.46. The van der Waals surface area contributed by atoms with Crippen LogP contribution in [0.25, 0.3) is 6.08 Å². The number of methoxy groups -OCH3 is 1. The van der Waals surface area contributed by atoms with E-state index in [-0.39, 0.29) is 33.8 Å². The lowest BCUT2D eigenvalue weighted by Gasteiger charge is -2.11. The molecule has 6 nitrogen and oxygen atoms in total. The Morgan fingerprint density at radius 1 is 1.14 bits per heavy atom. The summed E-state index contributed by atoms with van der Waals surface area (Å²) in [5.74, 6) is -0.924. The maximum absolute atomic E-state index is 12.3. The van der Waals surface area contributed by atoms with Crippen molar-refractivity contribution in [3.8, 4) is 17.6 Å². The fourth-order valence-corrected chi connectivity index (χ4v) is 2.43. The van der Waals surface area contributed by atoms with Crippen molar-refractivity contribution in [3.63, 3.8) is 0 Å². The van der Waals surface area contributed by atoms with Crippen molar-refractivity contribution in [3.05, 3.63) is 64.2 Å². The molecule has 0 aliphatic heterocycles. The molecule has 28 heavy (non-hydrogen) atoms. The minimum atomic E-state index is -0.717. The Morgan fingerprint density at radius 3 is 2.46 bits per heavy atom. The number of hydrogen-bond acceptors (Lipinski definition) is 6. The number of nitriles is 1. The Hall–Kier alpha value is -3.30. The van der Waals surface area contributed by atoms with Crippen LogP contribution in [0.2, 0.25) is 5.02 Å².